The summed E-state index contributed by atoms with van der Waals surface area (Å²) in [6.45, 7) is 5.21. The van der Waals surface area contributed by atoms with Crippen LogP contribution < -0.4 is 0 Å². The van der Waals surface area contributed by atoms with E-state index in [1.54, 1.807) is 18.3 Å². The van der Waals surface area contributed by atoms with Gasteiger partial charge in [0, 0.05) is 31.9 Å². The lowest BCUT2D eigenvalue weighted by Crippen LogP contribution is -2.52. The van der Waals surface area contributed by atoms with Gasteiger partial charge in [0.25, 0.3) is 0 Å². The van der Waals surface area contributed by atoms with Crippen molar-refractivity contribution in [1.82, 2.24) is 14.8 Å². The maximum absolute atomic E-state index is 12.8. The average molecular weight is 343 g/mol. The summed E-state index contributed by atoms with van der Waals surface area (Å²) in [7, 11) is 0. The number of carbonyl (C=O) groups excluding carboxylic acids is 2. The van der Waals surface area contributed by atoms with Crippen LogP contribution in [0.2, 0.25) is 0 Å². The van der Waals surface area contributed by atoms with E-state index in [-0.39, 0.29) is 17.9 Å². The number of rotatable bonds is 3. The summed E-state index contributed by atoms with van der Waals surface area (Å²) in [5.41, 5.74) is 1.88. The van der Waals surface area contributed by atoms with Crippen LogP contribution in [0.25, 0.3) is 0 Å². The van der Waals surface area contributed by atoms with Crippen LogP contribution in [0.15, 0.2) is 35.7 Å². The summed E-state index contributed by atoms with van der Waals surface area (Å²) >= 11 is 1.56. The number of aromatic nitrogens is 1. The predicted molar refractivity (Wildman–Crippen MR) is 93.7 cm³/mol. The van der Waals surface area contributed by atoms with Gasteiger partial charge in [-0.05, 0) is 12.5 Å². The summed E-state index contributed by atoms with van der Waals surface area (Å²) in [5.74, 6) is 0.121. The van der Waals surface area contributed by atoms with Gasteiger partial charge in [-0.15, -0.1) is 11.3 Å². The molecule has 1 aliphatic rings. The van der Waals surface area contributed by atoms with Crippen molar-refractivity contribution in [2.75, 3.05) is 19.6 Å². The van der Waals surface area contributed by atoms with Gasteiger partial charge in [-0.2, -0.15) is 0 Å². The lowest BCUT2D eigenvalue weighted by molar-refractivity contribution is -0.141. The van der Waals surface area contributed by atoms with E-state index in [1.807, 2.05) is 52.4 Å². The number of amides is 2. The Balaban J connectivity index is 1.81. The molecule has 0 aliphatic carbocycles. The number of hydrogen-bond acceptors (Lipinski definition) is 4. The first-order valence-electron chi connectivity index (χ1n) is 8.05. The normalized spacial score (nSPS) is 17.8. The van der Waals surface area contributed by atoms with Crippen LogP contribution in [0.4, 0.5) is 0 Å². The first-order chi connectivity index (χ1) is 11.5. The molecule has 1 atom stereocenters. The Bertz CT molecular complexity index is 729. The second kappa shape index (κ2) is 7.13. The number of hydrogen-bond donors (Lipinski definition) is 0. The third kappa shape index (κ3) is 3.64. The van der Waals surface area contributed by atoms with E-state index in [1.165, 1.54) is 0 Å². The molecule has 0 radical (unpaired) electrons. The Morgan fingerprint density at radius 3 is 2.62 bits per heavy atom. The molecule has 1 aliphatic heterocycles. The molecule has 0 spiro atoms. The summed E-state index contributed by atoms with van der Waals surface area (Å²) < 4.78 is 0. The van der Waals surface area contributed by atoms with Crippen molar-refractivity contribution in [3.05, 3.63) is 52.0 Å². The van der Waals surface area contributed by atoms with E-state index in [9.17, 15) is 9.59 Å². The number of aryl methyl sites for hydroxylation is 1. The lowest BCUT2D eigenvalue weighted by Gasteiger charge is -2.41. The first kappa shape index (κ1) is 16.6. The monoisotopic (exact) mass is 343 g/mol. The van der Waals surface area contributed by atoms with E-state index in [0.717, 1.165) is 16.3 Å². The van der Waals surface area contributed by atoms with Crippen molar-refractivity contribution in [1.29, 1.82) is 0 Å². The molecule has 0 bridgehead atoms. The maximum atomic E-state index is 12.8. The van der Waals surface area contributed by atoms with Crippen LogP contribution in [0, 0.1) is 6.92 Å². The summed E-state index contributed by atoms with van der Waals surface area (Å²) in [6.07, 6.45) is 0.313. The maximum Gasteiger partial charge on any atom is 0.229 e. The number of piperazine rings is 1. The van der Waals surface area contributed by atoms with E-state index in [0.29, 0.717) is 26.1 Å². The fourth-order valence-electron chi connectivity index (χ4n) is 3.07. The largest absolute Gasteiger partial charge is 0.339 e. The minimum absolute atomic E-state index is 0.0538. The quantitative estimate of drug-likeness (QED) is 0.860. The Labute approximate surface area is 145 Å². The van der Waals surface area contributed by atoms with E-state index >= 15 is 0 Å². The molecular formula is C18H21N3O2S. The van der Waals surface area contributed by atoms with Crippen molar-refractivity contribution in [3.63, 3.8) is 0 Å². The zero-order valence-electron chi connectivity index (χ0n) is 13.9. The molecule has 0 unspecified atom stereocenters. The topological polar surface area (TPSA) is 53.5 Å². The van der Waals surface area contributed by atoms with E-state index in [4.69, 9.17) is 0 Å². The molecule has 1 aromatic carbocycles. The molecular weight excluding hydrogens is 322 g/mol. The van der Waals surface area contributed by atoms with Gasteiger partial charge >= 0.3 is 0 Å². The molecule has 2 amide bonds. The molecule has 2 aromatic rings. The molecule has 2 heterocycles. The number of carbonyl (C=O) groups is 2. The Kier molecular flexibility index (Phi) is 4.94. The summed E-state index contributed by atoms with van der Waals surface area (Å²) in [5, 5.41) is 2.91. The number of thiazole rings is 1. The van der Waals surface area contributed by atoms with Gasteiger partial charge in [0.05, 0.1) is 23.2 Å². The molecule has 3 rings (SSSR count). The molecule has 1 saturated heterocycles. The lowest BCUT2D eigenvalue weighted by atomic mass is 10.0. The van der Waals surface area contributed by atoms with Crippen molar-refractivity contribution in [2.45, 2.75) is 26.3 Å². The standard InChI is InChI=1S/C18H21N3O2S/c1-13-19-16(12-24-13)10-18(23)21-9-8-20(14(2)22)11-17(21)15-6-4-3-5-7-15/h3-7,12,17H,8-11H2,1-2H3/t17-/m1/s1. The van der Waals surface area contributed by atoms with Gasteiger partial charge in [-0.25, -0.2) is 4.98 Å². The van der Waals surface area contributed by atoms with Gasteiger partial charge in [0.2, 0.25) is 11.8 Å². The predicted octanol–water partition coefficient (Wildman–Crippen LogP) is 2.43. The minimum Gasteiger partial charge on any atom is -0.339 e. The highest BCUT2D eigenvalue weighted by atomic mass is 32.1. The van der Waals surface area contributed by atoms with Gasteiger partial charge in [0.1, 0.15) is 0 Å². The first-order valence-corrected chi connectivity index (χ1v) is 8.93. The molecule has 126 valence electrons. The second-order valence-corrected chi connectivity index (χ2v) is 7.08. The average Bonchev–Trinajstić information content (AvgIpc) is 3.00. The summed E-state index contributed by atoms with van der Waals surface area (Å²) in [6, 6.07) is 9.82. The van der Waals surface area contributed by atoms with Crippen molar-refractivity contribution >= 4 is 23.2 Å². The summed E-state index contributed by atoms with van der Waals surface area (Å²) in [4.78, 5) is 32.7. The second-order valence-electron chi connectivity index (χ2n) is 6.01. The molecule has 1 aromatic heterocycles. The fourth-order valence-corrected chi connectivity index (χ4v) is 3.69. The smallest absolute Gasteiger partial charge is 0.229 e. The third-order valence-corrected chi connectivity index (χ3v) is 5.15. The van der Waals surface area contributed by atoms with Crippen LogP contribution in [0.3, 0.4) is 0 Å². The van der Waals surface area contributed by atoms with Crippen LogP contribution in [0.1, 0.15) is 29.2 Å². The third-order valence-electron chi connectivity index (χ3n) is 4.33. The van der Waals surface area contributed by atoms with E-state index in [2.05, 4.69) is 4.98 Å². The highest BCUT2D eigenvalue weighted by molar-refractivity contribution is 7.09. The van der Waals surface area contributed by atoms with Gasteiger partial charge < -0.3 is 9.80 Å². The molecule has 0 N–H and O–H groups in total. The highest BCUT2D eigenvalue weighted by Gasteiger charge is 2.32. The zero-order chi connectivity index (χ0) is 17.1. The molecule has 1 fully saturated rings. The van der Waals surface area contributed by atoms with Crippen LogP contribution in [-0.4, -0.2) is 46.2 Å². The van der Waals surface area contributed by atoms with Crippen LogP contribution in [0.5, 0.6) is 0 Å². The molecule has 5 nitrogen and oxygen atoms in total. The number of nitrogens with zero attached hydrogens (tertiary/aromatic N) is 3. The van der Waals surface area contributed by atoms with Gasteiger partial charge in [-0.3, -0.25) is 9.59 Å². The highest BCUT2D eigenvalue weighted by Crippen LogP contribution is 2.26. The van der Waals surface area contributed by atoms with Gasteiger partial charge in [-0.1, -0.05) is 30.3 Å². The van der Waals surface area contributed by atoms with Crippen molar-refractivity contribution in [2.24, 2.45) is 0 Å². The SMILES string of the molecule is CC(=O)N1CCN(C(=O)Cc2csc(C)n2)[C@@H](c2ccccc2)C1. The van der Waals surface area contributed by atoms with Crippen LogP contribution >= 0.6 is 11.3 Å². The van der Waals surface area contributed by atoms with Crippen molar-refractivity contribution < 1.29 is 9.59 Å². The molecule has 0 saturated carbocycles. The Morgan fingerprint density at radius 2 is 2.00 bits per heavy atom. The number of benzene rings is 1. The minimum atomic E-state index is -0.101. The van der Waals surface area contributed by atoms with E-state index < -0.39 is 0 Å². The Morgan fingerprint density at radius 1 is 1.25 bits per heavy atom. The molecule has 24 heavy (non-hydrogen) atoms. The van der Waals surface area contributed by atoms with Gasteiger partial charge in [0.15, 0.2) is 0 Å². The fraction of sp³-hybridized carbons (Fsp3) is 0.389. The van der Waals surface area contributed by atoms with Crippen molar-refractivity contribution in [3.8, 4) is 0 Å². The zero-order valence-corrected chi connectivity index (χ0v) is 14.8. The van der Waals surface area contributed by atoms with Crippen LogP contribution in [-0.2, 0) is 16.0 Å². The molecule has 6 heteroatoms. The Hall–Kier alpha value is -2.21.